The topological polar surface area (TPSA) is 180 Å². The summed E-state index contributed by atoms with van der Waals surface area (Å²) >= 11 is 0. The summed E-state index contributed by atoms with van der Waals surface area (Å²) in [6, 6.07) is 17.6. The van der Waals surface area contributed by atoms with Crippen LogP contribution >= 0.6 is 0 Å². The zero-order valence-electron chi connectivity index (χ0n) is 34.8. The third-order valence-corrected chi connectivity index (χ3v) is 12.1. The van der Waals surface area contributed by atoms with Gasteiger partial charge in [-0.05, 0) is 81.1 Å². The number of aliphatic hydroxyl groups excluding tert-OH is 1. The third-order valence-electron chi connectivity index (χ3n) is 12.1. The number of amides is 1. The lowest BCUT2D eigenvalue weighted by Crippen LogP contribution is -2.54. The second-order valence-electron chi connectivity index (χ2n) is 16.4. The fourth-order valence-corrected chi connectivity index (χ4v) is 8.81. The van der Waals surface area contributed by atoms with Crippen molar-refractivity contribution in [1.82, 2.24) is 49.1 Å². The van der Waals surface area contributed by atoms with Gasteiger partial charge < -0.3 is 30.4 Å². The first kappa shape index (κ1) is 39.9. The minimum atomic E-state index is -1.08. The van der Waals surface area contributed by atoms with Crippen LogP contribution in [0.25, 0.3) is 27.8 Å². The molecule has 18 nitrogen and oxygen atoms in total. The smallest absolute Gasteiger partial charge is 0.278 e. The summed E-state index contributed by atoms with van der Waals surface area (Å²) in [5.41, 5.74) is 4.03. The maximum Gasteiger partial charge on any atom is 0.278 e. The Labute approximate surface area is 352 Å². The highest BCUT2D eigenvalue weighted by Crippen LogP contribution is 2.33. The van der Waals surface area contributed by atoms with Gasteiger partial charge in [-0.1, -0.05) is 6.08 Å². The van der Waals surface area contributed by atoms with Gasteiger partial charge in [-0.25, -0.2) is 19.0 Å². The van der Waals surface area contributed by atoms with Gasteiger partial charge in [-0.2, -0.15) is 10.1 Å². The molecule has 3 saturated heterocycles. The highest BCUT2D eigenvalue weighted by Gasteiger charge is 2.29. The Morgan fingerprint density at radius 1 is 0.902 bits per heavy atom. The van der Waals surface area contributed by atoms with Gasteiger partial charge in [0.25, 0.3) is 11.1 Å². The summed E-state index contributed by atoms with van der Waals surface area (Å²) in [6.45, 7) is 15.3. The number of anilines is 5. The van der Waals surface area contributed by atoms with E-state index in [1.54, 1.807) is 21.7 Å². The van der Waals surface area contributed by atoms with Crippen molar-refractivity contribution in [2.75, 3.05) is 72.4 Å². The highest BCUT2D eigenvalue weighted by molar-refractivity contribution is 5.93. The minimum absolute atomic E-state index is 0.158. The van der Waals surface area contributed by atoms with Crippen LogP contribution in [0.1, 0.15) is 39.2 Å². The van der Waals surface area contributed by atoms with Gasteiger partial charge in [0, 0.05) is 101 Å². The number of aryl methyl sites for hydroxylation is 1. The number of rotatable bonds is 11. The molecule has 6 aromatic rings. The number of piperidine rings is 1. The standard InChI is InChI=1S/C43H52N14O4/c1-5-17-55-41(60)34-26-44-42(47-39(34)57(55)36-12-13-38(59)56(48-36)28(2)3)45-30-6-8-31(9-7-30)53-23-21-51(22-24-53)27-29-14-18-52(19-15-29)32-10-11-33-35(25-32)50(4)49-40(33)54-20-16-37(58)46-43(54)61/h5-13,25-26,28-29,43,61H,1,14-24,27H2,2-4H3,(H,46,58)(H,44,45,47). The number of nitrogens with zero attached hydrogens (tertiary/aromatic N) is 12. The highest BCUT2D eigenvalue weighted by atomic mass is 16.3. The van der Waals surface area contributed by atoms with Crippen LogP contribution in [0.2, 0.25) is 0 Å². The first-order valence-electron chi connectivity index (χ1n) is 21.0. The zero-order valence-corrected chi connectivity index (χ0v) is 34.8. The molecular weight excluding hydrogens is 777 g/mol. The molecule has 0 saturated carbocycles. The van der Waals surface area contributed by atoms with E-state index in [0.29, 0.717) is 47.5 Å². The van der Waals surface area contributed by atoms with Crippen LogP contribution in [0, 0.1) is 5.92 Å². The van der Waals surface area contributed by atoms with Crippen LogP contribution in [0.4, 0.5) is 28.8 Å². The van der Waals surface area contributed by atoms with E-state index in [1.807, 2.05) is 37.7 Å². The molecule has 3 aliphatic rings. The van der Waals surface area contributed by atoms with E-state index in [9.17, 15) is 19.5 Å². The van der Waals surface area contributed by atoms with Crippen molar-refractivity contribution in [3.05, 3.63) is 94.2 Å². The first-order chi connectivity index (χ1) is 29.5. The number of carbonyl (C=O) groups is 1. The Morgan fingerprint density at radius 3 is 2.36 bits per heavy atom. The van der Waals surface area contributed by atoms with Crippen molar-refractivity contribution >= 4 is 56.7 Å². The minimum Gasteiger partial charge on any atom is -0.371 e. The first-order valence-corrected chi connectivity index (χ1v) is 21.0. The Hall–Kier alpha value is -6.53. The number of hydrogen-bond donors (Lipinski definition) is 3. The number of piperazine rings is 1. The Bertz CT molecular complexity index is 2700. The van der Waals surface area contributed by atoms with Crippen molar-refractivity contribution in [3.63, 3.8) is 0 Å². The van der Waals surface area contributed by atoms with Gasteiger partial charge in [0.2, 0.25) is 18.2 Å². The molecule has 0 aliphatic carbocycles. The molecule has 0 radical (unpaired) electrons. The van der Waals surface area contributed by atoms with E-state index in [4.69, 9.17) is 10.1 Å². The summed E-state index contributed by atoms with van der Waals surface area (Å²) in [7, 11) is 1.92. The molecule has 3 fully saturated rings. The van der Waals surface area contributed by atoms with Crippen molar-refractivity contribution in [2.45, 2.75) is 52.0 Å². The van der Waals surface area contributed by atoms with E-state index >= 15 is 0 Å². The maximum atomic E-state index is 13.4. The van der Waals surface area contributed by atoms with Crippen molar-refractivity contribution in [3.8, 4) is 5.82 Å². The molecule has 4 aromatic heterocycles. The molecule has 9 rings (SSSR count). The lowest BCUT2D eigenvalue weighted by atomic mass is 9.95. The Kier molecular flexibility index (Phi) is 10.8. The monoisotopic (exact) mass is 828 g/mol. The van der Waals surface area contributed by atoms with Crippen molar-refractivity contribution in [2.24, 2.45) is 13.0 Å². The number of allylic oxidation sites excluding steroid dienone is 1. The number of hydrogen-bond acceptors (Lipinski definition) is 13. The molecule has 0 bridgehead atoms. The van der Waals surface area contributed by atoms with E-state index in [-0.39, 0.29) is 29.6 Å². The fourth-order valence-electron chi connectivity index (χ4n) is 8.81. The van der Waals surface area contributed by atoms with Crippen LogP contribution in [0.5, 0.6) is 0 Å². The molecule has 3 aliphatic heterocycles. The van der Waals surface area contributed by atoms with Crippen molar-refractivity contribution < 1.29 is 9.90 Å². The van der Waals surface area contributed by atoms with Gasteiger partial charge in [-0.15, -0.1) is 11.7 Å². The summed E-state index contributed by atoms with van der Waals surface area (Å²) in [6.07, 6.45) is 4.67. The lowest BCUT2D eigenvalue weighted by Gasteiger charge is -2.40. The van der Waals surface area contributed by atoms with Crippen LogP contribution in [0.3, 0.4) is 0 Å². The van der Waals surface area contributed by atoms with Crippen LogP contribution in [-0.4, -0.2) is 114 Å². The average molecular weight is 829 g/mol. The number of aliphatic hydroxyl groups is 1. The molecule has 1 unspecified atom stereocenters. The predicted molar refractivity (Wildman–Crippen MR) is 236 cm³/mol. The van der Waals surface area contributed by atoms with Gasteiger partial charge >= 0.3 is 0 Å². The largest absolute Gasteiger partial charge is 0.371 e. The van der Waals surface area contributed by atoms with E-state index in [2.05, 4.69) is 72.3 Å². The molecule has 0 spiro atoms. The van der Waals surface area contributed by atoms with Gasteiger partial charge in [-0.3, -0.25) is 24.0 Å². The number of nitrogens with one attached hydrogen (secondary N) is 2. The van der Waals surface area contributed by atoms with Gasteiger partial charge in [0.15, 0.2) is 17.3 Å². The summed E-state index contributed by atoms with van der Waals surface area (Å²) in [4.78, 5) is 56.1. The molecule has 1 atom stereocenters. The zero-order chi connectivity index (χ0) is 42.4. The summed E-state index contributed by atoms with van der Waals surface area (Å²) in [5, 5.41) is 26.9. The maximum absolute atomic E-state index is 13.4. The van der Waals surface area contributed by atoms with Crippen LogP contribution in [0.15, 0.2) is 83.0 Å². The van der Waals surface area contributed by atoms with Crippen LogP contribution in [-0.2, 0) is 18.4 Å². The number of benzene rings is 2. The molecular formula is C43H52N14O4. The molecule has 61 heavy (non-hydrogen) atoms. The number of fused-ring (bicyclic) bond motifs is 2. The number of carbonyl (C=O) groups excluding carboxylic acids is 1. The van der Waals surface area contributed by atoms with Crippen LogP contribution < -0.4 is 36.5 Å². The van der Waals surface area contributed by atoms with Gasteiger partial charge in [0.05, 0.1) is 18.1 Å². The second kappa shape index (κ2) is 16.5. The molecule has 1 amide bonds. The summed E-state index contributed by atoms with van der Waals surface area (Å²) < 4.78 is 6.34. The lowest BCUT2D eigenvalue weighted by molar-refractivity contribution is -0.125. The number of aromatic nitrogens is 8. The SMILES string of the molecule is C=CCn1c(=O)c2cnc(Nc3ccc(N4CCN(CC5CCN(c6ccc7c(N8CCC(=O)NC8O)nn(C)c7c6)CC5)CC4)cc3)nc2n1-c1ccc(=O)n(C(C)C)n1. The average Bonchev–Trinajstić information content (AvgIpc) is 3.73. The molecule has 318 valence electrons. The predicted octanol–water partition coefficient (Wildman–Crippen LogP) is 3.18. The molecule has 2 aromatic carbocycles. The normalized spacial score (nSPS) is 18.1. The van der Waals surface area contributed by atoms with E-state index < -0.39 is 6.35 Å². The van der Waals surface area contributed by atoms with Crippen molar-refractivity contribution in [1.29, 1.82) is 0 Å². The quantitative estimate of drug-likeness (QED) is 0.162. The molecule has 3 N–H and O–H groups in total. The second-order valence-corrected chi connectivity index (χ2v) is 16.4. The van der Waals surface area contributed by atoms with E-state index in [0.717, 1.165) is 80.9 Å². The third kappa shape index (κ3) is 7.83. The fraction of sp³-hybridized carbons (Fsp3) is 0.419. The molecule has 7 heterocycles. The van der Waals surface area contributed by atoms with E-state index in [1.165, 1.54) is 27.3 Å². The summed E-state index contributed by atoms with van der Waals surface area (Å²) in [5.74, 6) is 1.90. The van der Waals surface area contributed by atoms with Gasteiger partial charge in [0.1, 0.15) is 5.39 Å². The Morgan fingerprint density at radius 2 is 1.64 bits per heavy atom. The molecule has 18 heteroatoms. The Balaban J connectivity index is 0.791.